The Morgan fingerprint density at radius 3 is 2.70 bits per heavy atom. The Hall–Kier alpha value is -2.91. The average molecular weight is 391 g/mol. The maximum Gasteiger partial charge on any atom is 0.255 e. The van der Waals surface area contributed by atoms with Crippen molar-refractivity contribution in [1.82, 2.24) is 9.73 Å². The minimum Gasteiger partial charge on any atom is -0.508 e. The summed E-state index contributed by atoms with van der Waals surface area (Å²) in [5, 5.41) is 13.1. The summed E-state index contributed by atoms with van der Waals surface area (Å²) in [6.07, 6.45) is 1.34. The number of carbonyl (C=O) groups excluding carboxylic acids is 1. The number of hydrazone groups is 1. The third-order valence-electron chi connectivity index (χ3n) is 3.65. The lowest BCUT2D eigenvalue weighted by Gasteiger charge is -2.18. The van der Waals surface area contributed by atoms with Crippen molar-refractivity contribution in [1.29, 1.82) is 0 Å². The van der Waals surface area contributed by atoms with Gasteiger partial charge >= 0.3 is 0 Å². The maximum atomic E-state index is 12.7. The van der Waals surface area contributed by atoms with Gasteiger partial charge in [0.25, 0.3) is 5.91 Å². The zero-order valence-electron chi connectivity index (χ0n) is 15.2. The van der Waals surface area contributed by atoms with Crippen LogP contribution < -0.4 is 10.2 Å². The lowest BCUT2D eigenvalue weighted by Crippen LogP contribution is -2.36. The van der Waals surface area contributed by atoms with Crippen LogP contribution in [0.25, 0.3) is 0 Å². The van der Waals surface area contributed by atoms with Crippen molar-refractivity contribution in [2.45, 2.75) is 11.8 Å². The second kappa shape index (κ2) is 8.65. The number of phenols is 1. The minimum atomic E-state index is -3.92. The van der Waals surface area contributed by atoms with Gasteiger partial charge in [-0.2, -0.15) is 9.41 Å². The van der Waals surface area contributed by atoms with Crippen LogP contribution in [0.4, 0.5) is 0 Å². The summed E-state index contributed by atoms with van der Waals surface area (Å²) in [6, 6.07) is 11.1. The Morgan fingerprint density at radius 2 is 2.04 bits per heavy atom. The van der Waals surface area contributed by atoms with Gasteiger partial charge in [0, 0.05) is 7.05 Å². The number of ether oxygens (including phenoxy) is 1. The monoisotopic (exact) mass is 391 g/mol. The highest BCUT2D eigenvalue weighted by atomic mass is 32.2. The van der Waals surface area contributed by atoms with Crippen LogP contribution in [-0.4, -0.2) is 50.7 Å². The molecule has 0 aliphatic carbocycles. The van der Waals surface area contributed by atoms with Crippen molar-refractivity contribution in [3.05, 3.63) is 53.6 Å². The molecule has 0 saturated heterocycles. The molecule has 0 spiro atoms. The zero-order valence-corrected chi connectivity index (χ0v) is 16.0. The number of amides is 1. The van der Waals surface area contributed by atoms with E-state index >= 15 is 0 Å². The van der Waals surface area contributed by atoms with E-state index in [1.807, 2.05) is 0 Å². The van der Waals surface area contributed by atoms with Crippen LogP contribution in [0.2, 0.25) is 0 Å². The Kier molecular flexibility index (Phi) is 6.54. The van der Waals surface area contributed by atoms with E-state index in [4.69, 9.17) is 4.74 Å². The molecule has 0 bridgehead atoms. The second-order valence-electron chi connectivity index (χ2n) is 5.80. The van der Waals surface area contributed by atoms with Crippen molar-refractivity contribution >= 4 is 22.1 Å². The van der Waals surface area contributed by atoms with Crippen LogP contribution in [0.15, 0.2) is 52.5 Å². The van der Waals surface area contributed by atoms with Gasteiger partial charge in [0.15, 0.2) is 0 Å². The van der Waals surface area contributed by atoms with Gasteiger partial charge < -0.3 is 9.84 Å². The standard InChI is InChI=1S/C18H21N3O5S/c1-13-7-8-16(26-3)17(9-13)27(24,25)21(2)12-18(23)20-19-11-14-5-4-6-15(22)10-14/h4-11,22H,12H2,1-3H3,(H,20,23)/b19-11-. The number of benzene rings is 2. The Labute approximate surface area is 158 Å². The highest BCUT2D eigenvalue weighted by molar-refractivity contribution is 7.89. The van der Waals surface area contributed by atoms with Gasteiger partial charge in [0.1, 0.15) is 16.4 Å². The first-order valence-corrected chi connectivity index (χ1v) is 9.40. The van der Waals surface area contributed by atoms with Crippen LogP contribution >= 0.6 is 0 Å². The van der Waals surface area contributed by atoms with Gasteiger partial charge in [-0.3, -0.25) is 4.79 Å². The van der Waals surface area contributed by atoms with Gasteiger partial charge in [0.05, 0.1) is 19.9 Å². The molecular formula is C18H21N3O5S. The van der Waals surface area contributed by atoms with E-state index in [1.54, 1.807) is 31.2 Å². The number of carbonyl (C=O) groups is 1. The third-order valence-corrected chi connectivity index (χ3v) is 5.47. The molecule has 1 amide bonds. The topological polar surface area (TPSA) is 108 Å². The third kappa shape index (κ3) is 5.28. The Balaban J connectivity index is 2.06. The predicted molar refractivity (Wildman–Crippen MR) is 101 cm³/mol. The highest BCUT2D eigenvalue weighted by Gasteiger charge is 2.26. The molecule has 2 aromatic rings. The summed E-state index contributed by atoms with van der Waals surface area (Å²) in [5.41, 5.74) is 3.59. The lowest BCUT2D eigenvalue weighted by atomic mass is 10.2. The first-order valence-electron chi connectivity index (χ1n) is 7.96. The minimum absolute atomic E-state index is 0.0106. The number of methoxy groups -OCH3 is 1. The van der Waals surface area contributed by atoms with Gasteiger partial charge in [-0.25, -0.2) is 13.8 Å². The van der Waals surface area contributed by atoms with E-state index in [9.17, 15) is 18.3 Å². The summed E-state index contributed by atoms with van der Waals surface area (Å²) in [4.78, 5) is 12.0. The number of hydrogen-bond acceptors (Lipinski definition) is 6. The molecule has 0 aliphatic rings. The molecule has 0 fully saturated rings. The molecule has 8 nitrogen and oxygen atoms in total. The highest BCUT2D eigenvalue weighted by Crippen LogP contribution is 2.27. The zero-order chi connectivity index (χ0) is 20.0. The molecule has 27 heavy (non-hydrogen) atoms. The molecule has 0 radical (unpaired) electrons. The molecule has 144 valence electrons. The number of nitrogens with one attached hydrogen (secondary N) is 1. The van der Waals surface area contributed by atoms with Crippen molar-refractivity contribution in [3.8, 4) is 11.5 Å². The van der Waals surface area contributed by atoms with Gasteiger partial charge in [-0.05, 0) is 42.3 Å². The molecule has 2 rings (SSSR count). The smallest absolute Gasteiger partial charge is 0.255 e. The molecule has 0 unspecified atom stereocenters. The van der Waals surface area contributed by atoms with Crippen LogP contribution in [0.5, 0.6) is 11.5 Å². The van der Waals surface area contributed by atoms with E-state index in [0.29, 0.717) is 5.56 Å². The van der Waals surface area contributed by atoms with E-state index in [2.05, 4.69) is 10.5 Å². The molecule has 2 N–H and O–H groups in total. The predicted octanol–water partition coefficient (Wildman–Crippen LogP) is 1.48. The fraction of sp³-hybridized carbons (Fsp3) is 0.222. The van der Waals surface area contributed by atoms with Crippen LogP contribution in [0, 0.1) is 6.92 Å². The van der Waals surface area contributed by atoms with Crippen molar-refractivity contribution in [2.75, 3.05) is 20.7 Å². The molecule has 0 heterocycles. The van der Waals surface area contributed by atoms with E-state index < -0.39 is 22.5 Å². The van der Waals surface area contributed by atoms with Crippen molar-refractivity contribution < 1.29 is 23.1 Å². The van der Waals surface area contributed by atoms with Gasteiger partial charge in [-0.15, -0.1) is 0 Å². The largest absolute Gasteiger partial charge is 0.508 e. The number of likely N-dealkylation sites (N-methyl/N-ethyl adjacent to an activating group) is 1. The van der Waals surface area contributed by atoms with Crippen LogP contribution in [0.3, 0.4) is 0 Å². The summed E-state index contributed by atoms with van der Waals surface area (Å²) in [7, 11) is -1.24. The van der Waals surface area contributed by atoms with Crippen LogP contribution in [-0.2, 0) is 14.8 Å². The quantitative estimate of drug-likeness (QED) is 0.549. The maximum absolute atomic E-state index is 12.7. The molecule has 0 aliphatic heterocycles. The van der Waals surface area contributed by atoms with E-state index in [-0.39, 0.29) is 16.4 Å². The normalized spacial score (nSPS) is 11.7. The summed E-state index contributed by atoms with van der Waals surface area (Å²) in [5.74, 6) is -0.331. The number of sulfonamides is 1. The number of nitrogens with zero attached hydrogens (tertiary/aromatic N) is 2. The summed E-state index contributed by atoms with van der Waals surface area (Å²) >= 11 is 0. The number of phenolic OH excluding ortho intramolecular Hbond substituents is 1. The number of aryl methyl sites for hydroxylation is 1. The first-order chi connectivity index (χ1) is 12.7. The van der Waals surface area contributed by atoms with Crippen LogP contribution in [0.1, 0.15) is 11.1 Å². The van der Waals surface area contributed by atoms with Crippen molar-refractivity contribution in [2.24, 2.45) is 5.10 Å². The van der Waals surface area contributed by atoms with Gasteiger partial charge in [0.2, 0.25) is 10.0 Å². The summed E-state index contributed by atoms with van der Waals surface area (Å²) < 4.78 is 31.5. The molecular weight excluding hydrogens is 370 g/mol. The fourth-order valence-electron chi connectivity index (χ4n) is 2.26. The first kappa shape index (κ1) is 20.4. The fourth-order valence-corrected chi connectivity index (χ4v) is 3.62. The molecule has 9 heteroatoms. The second-order valence-corrected chi connectivity index (χ2v) is 7.82. The molecule has 2 aromatic carbocycles. The van der Waals surface area contributed by atoms with E-state index in [1.165, 1.54) is 38.6 Å². The van der Waals surface area contributed by atoms with Crippen molar-refractivity contribution in [3.63, 3.8) is 0 Å². The lowest BCUT2D eigenvalue weighted by molar-refractivity contribution is -0.121. The Bertz CT molecular complexity index is 957. The van der Waals surface area contributed by atoms with E-state index in [0.717, 1.165) is 9.87 Å². The number of aromatic hydroxyl groups is 1. The average Bonchev–Trinajstić information content (AvgIpc) is 2.61. The number of rotatable bonds is 7. The molecule has 0 aromatic heterocycles. The SMILES string of the molecule is COc1ccc(C)cc1S(=O)(=O)N(C)CC(=O)N/N=C\c1cccc(O)c1. The molecule has 0 saturated carbocycles. The summed E-state index contributed by atoms with van der Waals surface area (Å²) in [6.45, 7) is 1.35. The molecule has 0 atom stereocenters. The number of hydrogen-bond donors (Lipinski definition) is 2. The van der Waals surface area contributed by atoms with Gasteiger partial charge in [-0.1, -0.05) is 18.2 Å². The Morgan fingerprint density at radius 1 is 1.30 bits per heavy atom.